The summed E-state index contributed by atoms with van der Waals surface area (Å²) in [5, 5.41) is 0. The minimum Gasteiger partial charge on any atom is -0.206 e. The van der Waals surface area contributed by atoms with Crippen LogP contribution < -0.4 is 0 Å². The zero-order valence-electron chi connectivity index (χ0n) is 20.0. The van der Waals surface area contributed by atoms with Gasteiger partial charge < -0.3 is 0 Å². The highest BCUT2D eigenvalue weighted by Gasteiger charge is 2.25. The minimum atomic E-state index is -4.88. The number of hydrogen-bond donors (Lipinski definition) is 0. The lowest BCUT2D eigenvalue weighted by Crippen LogP contribution is -2.17. The fourth-order valence-corrected chi connectivity index (χ4v) is 4.98. The highest BCUT2D eigenvalue weighted by atomic mass is 19.4. The van der Waals surface area contributed by atoms with Gasteiger partial charge in [-0.05, 0) is 83.9 Å². The molecule has 0 aromatic heterocycles. The van der Waals surface area contributed by atoms with Crippen molar-refractivity contribution in [3.8, 4) is 34.1 Å². The Morgan fingerprint density at radius 1 is 0.722 bits per heavy atom. The molecule has 0 radical (unpaired) electrons. The smallest absolute Gasteiger partial charge is 0.206 e. The van der Waals surface area contributed by atoms with Crippen molar-refractivity contribution in [3.05, 3.63) is 83.2 Å². The van der Waals surface area contributed by atoms with Crippen LogP contribution in [0.5, 0.6) is 0 Å². The standard InChI is InChI=1S/C30H26F6/c1-18(2)19-3-5-20(6-4-19)21-7-9-22(10-8-21)23-11-12-25(27(31)15-23)24-16-28(32)26(29(33)17-24)13-14-30(34,35)36/h7-12,15-20H,3-6H2,1-2H3. The fraction of sp³-hybridized carbons (Fsp3) is 0.333. The molecule has 0 spiro atoms. The molecule has 4 rings (SSSR count). The SMILES string of the molecule is CC(C)C1CCC(c2ccc(-c3ccc(-c4cc(F)c(C#CC(F)(F)F)c(F)c4)c(F)c3)cc2)CC1. The second kappa shape index (κ2) is 10.4. The van der Waals surface area contributed by atoms with Gasteiger partial charge >= 0.3 is 6.18 Å². The molecule has 0 amide bonds. The van der Waals surface area contributed by atoms with E-state index in [2.05, 4.69) is 26.0 Å². The van der Waals surface area contributed by atoms with Crippen molar-refractivity contribution < 1.29 is 26.3 Å². The second-order valence-electron chi connectivity index (χ2n) is 9.74. The van der Waals surface area contributed by atoms with Gasteiger partial charge in [-0.1, -0.05) is 56.2 Å². The number of hydrogen-bond acceptors (Lipinski definition) is 0. The van der Waals surface area contributed by atoms with Gasteiger partial charge in [-0.15, -0.1) is 0 Å². The Balaban J connectivity index is 1.53. The van der Waals surface area contributed by atoms with E-state index in [4.69, 9.17) is 0 Å². The van der Waals surface area contributed by atoms with Crippen LogP contribution in [0, 0.1) is 41.1 Å². The quantitative estimate of drug-likeness (QED) is 0.247. The Kier molecular flexibility index (Phi) is 7.49. The second-order valence-corrected chi connectivity index (χ2v) is 9.74. The molecule has 1 aliphatic rings. The van der Waals surface area contributed by atoms with Crippen molar-refractivity contribution >= 4 is 0 Å². The van der Waals surface area contributed by atoms with Crippen LogP contribution in [0.4, 0.5) is 26.3 Å². The van der Waals surface area contributed by atoms with Crippen molar-refractivity contribution in [2.75, 3.05) is 0 Å². The van der Waals surface area contributed by atoms with Crippen molar-refractivity contribution in [1.82, 2.24) is 0 Å². The first-order valence-electron chi connectivity index (χ1n) is 12.0. The molecule has 0 N–H and O–H groups in total. The average molecular weight is 501 g/mol. The van der Waals surface area contributed by atoms with E-state index in [1.807, 2.05) is 12.1 Å². The molecular weight excluding hydrogens is 474 g/mol. The Labute approximate surface area is 207 Å². The summed E-state index contributed by atoms with van der Waals surface area (Å²) in [4.78, 5) is 0. The molecule has 0 unspecified atom stereocenters. The Morgan fingerprint density at radius 3 is 1.81 bits per heavy atom. The lowest BCUT2D eigenvalue weighted by Gasteiger charge is -2.31. The van der Waals surface area contributed by atoms with Crippen LogP contribution in [-0.2, 0) is 0 Å². The molecule has 0 aliphatic heterocycles. The van der Waals surface area contributed by atoms with E-state index >= 15 is 0 Å². The highest BCUT2D eigenvalue weighted by molar-refractivity contribution is 5.72. The van der Waals surface area contributed by atoms with Crippen LogP contribution >= 0.6 is 0 Å². The number of halogens is 6. The zero-order chi connectivity index (χ0) is 26.0. The van der Waals surface area contributed by atoms with Crippen molar-refractivity contribution in [2.45, 2.75) is 51.6 Å². The lowest BCUT2D eigenvalue weighted by atomic mass is 9.74. The number of alkyl halides is 3. The molecule has 3 aromatic carbocycles. The maximum atomic E-state index is 14.9. The number of benzene rings is 3. The molecule has 0 atom stereocenters. The van der Waals surface area contributed by atoms with E-state index in [0.717, 1.165) is 29.5 Å². The summed E-state index contributed by atoms with van der Waals surface area (Å²) in [6, 6.07) is 14.0. The number of rotatable bonds is 4. The van der Waals surface area contributed by atoms with Gasteiger partial charge in [-0.2, -0.15) is 13.2 Å². The van der Waals surface area contributed by atoms with E-state index in [0.29, 0.717) is 17.4 Å². The molecule has 36 heavy (non-hydrogen) atoms. The first-order valence-corrected chi connectivity index (χ1v) is 12.0. The van der Waals surface area contributed by atoms with Gasteiger partial charge in [0.2, 0.25) is 0 Å². The van der Waals surface area contributed by atoms with Gasteiger partial charge in [0.25, 0.3) is 0 Å². The van der Waals surface area contributed by atoms with Crippen LogP contribution in [0.25, 0.3) is 22.3 Å². The van der Waals surface area contributed by atoms with Gasteiger partial charge in [0, 0.05) is 11.5 Å². The molecule has 1 aliphatic carbocycles. The molecule has 3 aromatic rings. The molecular formula is C30H26F6. The Bertz CT molecular complexity index is 1260. The first kappa shape index (κ1) is 25.9. The zero-order valence-corrected chi connectivity index (χ0v) is 20.0. The van der Waals surface area contributed by atoms with Crippen molar-refractivity contribution in [1.29, 1.82) is 0 Å². The summed E-state index contributed by atoms with van der Waals surface area (Å²) in [5.74, 6) is 1.05. The monoisotopic (exact) mass is 500 g/mol. The Morgan fingerprint density at radius 2 is 1.28 bits per heavy atom. The maximum absolute atomic E-state index is 14.9. The summed E-state index contributed by atoms with van der Waals surface area (Å²) in [7, 11) is 0. The average Bonchev–Trinajstić information content (AvgIpc) is 2.83. The molecule has 6 heteroatoms. The predicted molar refractivity (Wildman–Crippen MR) is 130 cm³/mol. The van der Waals surface area contributed by atoms with Crippen molar-refractivity contribution in [3.63, 3.8) is 0 Å². The molecule has 0 nitrogen and oxygen atoms in total. The topological polar surface area (TPSA) is 0 Å². The predicted octanol–water partition coefficient (Wildman–Crippen LogP) is 9.28. The summed E-state index contributed by atoms with van der Waals surface area (Å²) in [6.07, 6.45) is -0.0922. The van der Waals surface area contributed by atoms with Gasteiger partial charge in [-0.25, -0.2) is 13.2 Å². The van der Waals surface area contributed by atoms with Crippen LogP contribution in [0.2, 0.25) is 0 Å². The molecule has 1 saturated carbocycles. The molecule has 0 bridgehead atoms. The third-order valence-corrected chi connectivity index (χ3v) is 7.08. The highest BCUT2D eigenvalue weighted by Crippen LogP contribution is 2.39. The Hall–Kier alpha value is -3.20. The van der Waals surface area contributed by atoms with Crippen LogP contribution in [0.1, 0.15) is 56.6 Å². The largest absolute Gasteiger partial charge is 0.458 e. The van der Waals surface area contributed by atoms with Crippen molar-refractivity contribution in [2.24, 2.45) is 11.8 Å². The van der Waals surface area contributed by atoms with E-state index in [1.165, 1.54) is 49.3 Å². The normalized spacial score (nSPS) is 18.1. The summed E-state index contributed by atoms with van der Waals surface area (Å²) < 4.78 is 80.3. The minimum absolute atomic E-state index is 0.0644. The summed E-state index contributed by atoms with van der Waals surface area (Å²) in [6.45, 7) is 4.55. The molecule has 1 fully saturated rings. The van der Waals surface area contributed by atoms with E-state index in [9.17, 15) is 26.3 Å². The summed E-state index contributed by atoms with van der Waals surface area (Å²) in [5.41, 5.74) is 1.50. The fourth-order valence-electron chi connectivity index (χ4n) is 4.98. The van der Waals surface area contributed by atoms with Crippen LogP contribution in [0.15, 0.2) is 54.6 Å². The molecule has 0 heterocycles. The lowest BCUT2D eigenvalue weighted by molar-refractivity contribution is -0.0696. The maximum Gasteiger partial charge on any atom is 0.458 e. The third-order valence-electron chi connectivity index (χ3n) is 7.08. The molecule has 0 saturated heterocycles. The third kappa shape index (κ3) is 5.95. The van der Waals surface area contributed by atoms with Crippen LogP contribution in [0.3, 0.4) is 0 Å². The van der Waals surface area contributed by atoms with Crippen LogP contribution in [-0.4, -0.2) is 6.18 Å². The van der Waals surface area contributed by atoms with Gasteiger partial charge in [0.1, 0.15) is 17.5 Å². The van der Waals surface area contributed by atoms with E-state index < -0.39 is 29.2 Å². The first-order chi connectivity index (χ1) is 17.0. The van der Waals surface area contributed by atoms with Gasteiger partial charge in [0.05, 0.1) is 5.56 Å². The molecule has 188 valence electrons. The van der Waals surface area contributed by atoms with Gasteiger partial charge in [-0.3, -0.25) is 0 Å². The van der Waals surface area contributed by atoms with E-state index in [-0.39, 0.29) is 11.1 Å². The van der Waals surface area contributed by atoms with E-state index in [1.54, 1.807) is 6.07 Å². The van der Waals surface area contributed by atoms with Gasteiger partial charge in [0.15, 0.2) is 0 Å². The summed E-state index contributed by atoms with van der Waals surface area (Å²) >= 11 is 0.